The van der Waals surface area contributed by atoms with Crippen molar-refractivity contribution in [1.82, 2.24) is 10.6 Å². The molecule has 2 N–H and O–H groups in total. The van der Waals surface area contributed by atoms with Gasteiger partial charge in [-0.2, -0.15) is 0 Å². The Morgan fingerprint density at radius 2 is 1.86 bits per heavy atom. The molecule has 1 fully saturated rings. The monoisotopic (exact) mass is 303 g/mol. The highest BCUT2D eigenvalue weighted by atomic mass is 16.2. The van der Waals surface area contributed by atoms with E-state index in [1.165, 1.54) is 11.3 Å². The van der Waals surface area contributed by atoms with Crippen LogP contribution in [0.15, 0.2) is 24.3 Å². The molecule has 0 bridgehead atoms. The largest absolute Gasteiger partial charge is 0.378 e. The van der Waals surface area contributed by atoms with E-state index in [-0.39, 0.29) is 17.4 Å². The molecule has 1 aromatic carbocycles. The Balaban J connectivity index is 1.89. The second-order valence-corrected chi connectivity index (χ2v) is 6.95. The minimum Gasteiger partial charge on any atom is -0.378 e. The molecular formula is C18H29N3O. The summed E-state index contributed by atoms with van der Waals surface area (Å²) < 4.78 is 0. The molecule has 4 heteroatoms. The molecular weight excluding hydrogens is 274 g/mol. The topological polar surface area (TPSA) is 44.4 Å². The molecule has 0 radical (unpaired) electrons. The summed E-state index contributed by atoms with van der Waals surface area (Å²) in [5, 5.41) is 6.52. The highest BCUT2D eigenvalue weighted by molar-refractivity contribution is 5.82. The van der Waals surface area contributed by atoms with E-state index in [0.29, 0.717) is 0 Å². The second kappa shape index (κ2) is 7.14. The number of carbonyl (C=O) groups excluding carboxylic acids is 1. The third kappa shape index (κ3) is 4.23. The average molecular weight is 303 g/mol. The van der Waals surface area contributed by atoms with E-state index >= 15 is 0 Å². The van der Waals surface area contributed by atoms with Crippen LogP contribution in [0.4, 0.5) is 5.69 Å². The van der Waals surface area contributed by atoms with Crippen molar-refractivity contribution in [3.05, 3.63) is 29.8 Å². The average Bonchev–Trinajstić information content (AvgIpc) is 2.48. The van der Waals surface area contributed by atoms with Gasteiger partial charge in [0.15, 0.2) is 0 Å². The normalized spacial score (nSPS) is 18.5. The molecule has 1 aliphatic rings. The SMILES string of the molecule is C[C@H](Cc1ccc(N(C)C)cc1)NC(=O)C1(C)CCNCC1. The van der Waals surface area contributed by atoms with E-state index in [1.54, 1.807) is 0 Å². The minimum atomic E-state index is -0.214. The number of hydrogen-bond donors (Lipinski definition) is 2. The zero-order valence-electron chi connectivity index (χ0n) is 14.3. The van der Waals surface area contributed by atoms with Gasteiger partial charge in [-0.3, -0.25) is 4.79 Å². The van der Waals surface area contributed by atoms with Gasteiger partial charge >= 0.3 is 0 Å². The maximum absolute atomic E-state index is 12.5. The van der Waals surface area contributed by atoms with Crippen LogP contribution in [0.25, 0.3) is 0 Å². The van der Waals surface area contributed by atoms with E-state index in [2.05, 4.69) is 53.6 Å². The van der Waals surface area contributed by atoms with Gasteiger partial charge in [0.2, 0.25) is 5.91 Å². The second-order valence-electron chi connectivity index (χ2n) is 6.95. The number of hydrogen-bond acceptors (Lipinski definition) is 3. The Morgan fingerprint density at radius 1 is 1.27 bits per heavy atom. The summed E-state index contributed by atoms with van der Waals surface area (Å²) in [6.07, 6.45) is 2.71. The summed E-state index contributed by atoms with van der Waals surface area (Å²) >= 11 is 0. The molecule has 22 heavy (non-hydrogen) atoms. The summed E-state index contributed by atoms with van der Waals surface area (Å²) in [6, 6.07) is 8.69. The lowest BCUT2D eigenvalue weighted by Gasteiger charge is -2.33. The molecule has 2 rings (SSSR count). The van der Waals surface area contributed by atoms with E-state index in [9.17, 15) is 4.79 Å². The van der Waals surface area contributed by atoms with Crippen molar-refractivity contribution in [3.8, 4) is 0 Å². The summed E-state index contributed by atoms with van der Waals surface area (Å²) in [4.78, 5) is 14.6. The van der Waals surface area contributed by atoms with Crippen molar-refractivity contribution in [2.45, 2.75) is 39.2 Å². The first-order valence-corrected chi connectivity index (χ1v) is 8.19. The Hall–Kier alpha value is -1.55. The minimum absolute atomic E-state index is 0.157. The van der Waals surface area contributed by atoms with E-state index in [1.807, 2.05) is 14.1 Å². The molecule has 1 saturated heterocycles. The van der Waals surface area contributed by atoms with E-state index < -0.39 is 0 Å². The Bertz CT molecular complexity index is 490. The summed E-state index contributed by atoms with van der Waals surface area (Å²) in [5.41, 5.74) is 2.24. The van der Waals surface area contributed by atoms with Gasteiger partial charge in [-0.1, -0.05) is 19.1 Å². The third-order valence-electron chi connectivity index (χ3n) is 4.63. The summed E-state index contributed by atoms with van der Waals surface area (Å²) in [5.74, 6) is 0.200. The number of benzene rings is 1. The number of piperidine rings is 1. The fraction of sp³-hybridized carbons (Fsp3) is 0.611. The number of carbonyl (C=O) groups is 1. The quantitative estimate of drug-likeness (QED) is 0.876. The van der Waals surface area contributed by atoms with Gasteiger partial charge in [0.1, 0.15) is 0 Å². The number of amides is 1. The van der Waals surface area contributed by atoms with E-state index in [4.69, 9.17) is 0 Å². The zero-order chi connectivity index (χ0) is 16.2. The van der Waals surface area contributed by atoms with Crippen LogP contribution < -0.4 is 15.5 Å². The molecule has 0 aliphatic carbocycles. The fourth-order valence-electron chi connectivity index (χ4n) is 2.94. The van der Waals surface area contributed by atoms with Crippen molar-refractivity contribution >= 4 is 11.6 Å². The Kier molecular flexibility index (Phi) is 5.46. The predicted octanol–water partition coefficient (Wildman–Crippen LogP) is 2.19. The van der Waals surface area contributed by atoms with Crippen LogP contribution in [0, 0.1) is 5.41 Å². The van der Waals surface area contributed by atoms with Gasteiger partial charge in [-0.25, -0.2) is 0 Å². The molecule has 1 amide bonds. The molecule has 0 unspecified atom stereocenters. The molecule has 1 heterocycles. The van der Waals surface area contributed by atoms with Crippen molar-refractivity contribution < 1.29 is 4.79 Å². The van der Waals surface area contributed by atoms with Crippen LogP contribution in [0.1, 0.15) is 32.3 Å². The standard InChI is InChI=1S/C18H29N3O/c1-14(13-15-5-7-16(8-6-15)21(3)4)20-17(22)18(2)9-11-19-12-10-18/h5-8,14,19H,9-13H2,1-4H3,(H,20,22)/t14-/m1/s1. The lowest BCUT2D eigenvalue weighted by atomic mass is 9.80. The summed E-state index contributed by atoms with van der Waals surface area (Å²) in [6.45, 7) is 6.04. The maximum atomic E-state index is 12.5. The first kappa shape index (κ1) is 16.8. The maximum Gasteiger partial charge on any atom is 0.226 e. The predicted molar refractivity (Wildman–Crippen MR) is 92.3 cm³/mol. The Labute approximate surface area is 134 Å². The van der Waals surface area contributed by atoms with Crippen LogP contribution >= 0.6 is 0 Å². The van der Waals surface area contributed by atoms with Crippen LogP contribution in [-0.2, 0) is 11.2 Å². The first-order valence-electron chi connectivity index (χ1n) is 8.19. The smallest absolute Gasteiger partial charge is 0.226 e. The number of nitrogens with zero attached hydrogens (tertiary/aromatic N) is 1. The van der Waals surface area contributed by atoms with Crippen molar-refractivity contribution in [2.75, 3.05) is 32.1 Å². The number of anilines is 1. The number of nitrogens with one attached hydrogen (secondary N) is 2. The van der Waals surface area contributed by atoms with Crippen LogP contribution in [-0.4, -0.2) is 39.1 Å². The first-order chi connectivity index (χ1) is 10.4. The molecule has 4 nitrogen and oxygen atoms in total. The van der Waals surface area contributed by atoms with Crippen molar-refractivity contribution in [3.63, 3.8) is 0 Å². The highest BCUT2D eigenvalue weighted by Gasteiger charge is 2.34. The van der Waals surface area contributed by atoms with Gasteiger partial charge in [0, 0.05) is 31.2 Å². The van der Waals surface area contributed by atoms with Gasteiger partial charge < -0.3 is 15.5 Å². The molecule has 1 aliphatic heterocycles. The van der Waals surface area contributed by atoms with Crippen LogP contribution in [0.5, 0.6) is 0 Å². The van der Waals surface area contributed by atoms with Gasteiger partial charge in [0.05, 0.1) is 0 Å². The van der Waals surface area contributed by atoms with Crippen molar-refractivity contribution in [2.24, 2.45) is 5.41 Å². The highest BCUT2D eigenvalue weighted by Crippen LogP contribution is 2.28. The van der Waals surface area contributed by atoms with Crippen LogP contribution in [0.3, 0.4) is 0 Å². The van der Waals surface area contributed by atoms with Gasteiger partial charge in [-0.05, 0) is 57.0 Å². The lowest BCUT2D eigenvalue weighted by Crippen LogP contribution is -2.48. The van der Waals surface area contributed by atoms with E-state index in [0.717, 1.165) is 32.4 Å². The molecule has 1 atom stereocenters. The molecule has 0 saturated carbocycles. The Morgan fingerprint density at radius 3 is 2.41 bits per heavy atom. The lowest BCUT2D eigenvalue weighted by molar-refractivity contribution is -0.132. The molecule has 0 spiro atoms. The zero-order valence-corrected chi connectivity index (χ0v) is 14.3. The fourth-order valence-corrected chi connectivity index (χ4v) is 2.94. The van der Waals surface area contributed by atoms with Gasteiger partial charge in [0.25, 0.3) is 0 Å². The van der Waals surface area contributed by atoms with Gasteiger partial charge in [-0.15, -0.1) is 0 Å². The number of rotatable bonds is 5. The summed E-state index contributed by atoms with van der Waals surface area (Å²) in [7, 11) is 4.08. The molecule has 1 aromatic rings. The molecule has 0 aromatic heterocycles. The molecule has 122 valence electrons. The van der Waals surface area contributed by atoms with Crippen molar-refractivity contribution in [1.29, 1.82) is 0 Å². The van der Waals surface area contributed by atoms with Crippen LogP contribution in [0.2, 0.25) is 0 Å². The third-order valence-corrected chi connectivity index (χ3v) is 4.63.